The SMILES string of the molecule is COC(=O)CC[C@@H](NS(=O)(=O)c1cc(C)c(Cl)s1)C(=O)O. The molecular formula is C11H14ClNO6S2. The fourth-order valence-corrected chi connectivity index (χ4v) is 4.35. The number of methoxy groups -OCH3 is 1. The predicted octanol–water partition coefficient (Wildman–Crippen LogP) is 1.39. The summed E-state index contributed by atoms with van der Waals surface area (Å²) in [4.78, 5) is 22.1. The Bertz CT molecular complexity index is 620. The Morgan fingerprint density at radius 2 is 2.14 bits per heavy atom. The molecule has 0 saturated carbocycles. The second-order valence-corrected chi connectivity index (χ2v) is 7.74. The van der Waals surface area contributed by atoms with Crippen LogP contribution in [0.4, 0.5) is 0 Å². The third-order valence-electron chi connectivity index (χ3n) is 2.56. The van der Waals surface area contributed by atoms with Gasteiger partial charge in [0, 0.05) is 6.42 Å². The average Bonchev–Trinajstić information content (AvgIpc) is 2.74. The zero-order chi connectivity index (χ0) is 16.2. The molecule has 0 aliphatic rings. The normalized spacial score (nSPS) is 12.9. The van der Waals surface area contributed by atoms with Gasteiger partial charge in [0.05, 0.1) is 11.4 Å². The zero-order valence-corrected chi connectivity index (χ0v) is 13.6. The topological polar surface area (TPSA) is 110 Å². The number of rotatable bonds is 7. The molecule has 10 heteroatoms. The van der Waals surface area contributed by atoms with E-state index in [1.807, 2.05) is 4.72 Å². The lowest BCUT2D eigenvalue weighted by atomic mass is 10.2. The summed E-state index contributed by atoms with van der Waals surface area (Å²) in [5.74, 6) is -1.99. The molecule has 0 unspecified atom stereocenters. The molecule has 1 aromatic rings. The number of halogens is 1. The first-order valence-electron chi connectivity index (χ1n) is 5.75. The number of thiophene rings is 1. The minimum absolute atomic E-state index is 0.0747. The smallest absolute Gasteiger partial charge is 0.321 e. The molecule has 2 N–H and O–H groups in total. The van der Waals surface area contributed by atoms with Crippen LogP contribution in [0.1, 0.15) is 18.4 Å². The number of aliphatic carboxylic acids is 1. The summed E-state index contributed by atoms with van der Waals surface area (Å²) in [7, 11) is -2.84. The third-order valence-corrected chi connectivity index (χ3v) is 6.06. The lowest BCUT2D eigenvalue weighted by molar-refractivity contribution is -0.142. The number of carbonyl (C=O) groups excluding carboxylic acids is 1. The van der Waals surface area contributed by atoms with E-state index >= 15 is 0 Å². The standard InChI is InChI=1S/C11H14ClNO6S2/c1-6-5-9(20-10(6)12)21(17,18)13-7(11(15)16)3-4-8(14)19-2/h5,7,13H,3-4H2,1-2H3,(H,15,16)/t7-/m1/s1. The van der Waals surface area contributed by atoms with Crippen LogP contribution in [0.15, 0.2) is 10.3 Å². The first-order chi connectivity index (χ1) is 9.67. The molecule has 0 aromatic carbocycles. The lowest BCUT2D eigenvalue weighted by Crippen LogP contribution is -2.40. The first-order valence-corrected chi connectivity index (χ1v) is 8.43. The summed E-state index contributed by atoms with van der Waals surface area (Å²) in [6.07, 6.45) is -0.417. The molecule has 1 rings (SSSR count). The molecule has 0 spiro atoms. The molecule has 1 aromatic heterocycles. The largest absolute Gasteiger partial charge is 0.480 e. The summed E-state index contributed by atoms with van der Waals surface area (Å²) in [6.45, 7) is 1.64. The van der Waals surface area contributed by atoms with Crippen LogP contribution in [0.5, 0.6) is 0 Å². The zero-order valence-electron chi connectivity index (χ0n) is 11.3. The quantitative estimate of drug-likeness (QED) is 0.715. The van der Waals surface area contributed by atoms with Crippen molar-refractivity contribution in [3.8, 4) is 0 Å². The van der Waals surface area contributed by atoms with Crippen molar-refractivity contribution in [1.82, 2.24) is 4.72 Å². The molecule has 0 bridgehead atoms. The Hall–Kier alpha value is -1.16. The van der Waals surface area contributed by atoms with Gasteiger partial charge in [-0.05, 0) is 25.0 Å². The second-order valence-electron chi connectivity index (χ2n) is 4.15. The van der Waals surface area contributed by atoms with Gasteiger partial charge in [-0.15, -0.1) is 11.3 Å². The maximum absolute atomic E-state index is 12.1. The van der Waals surface area contributed by atoms with Crippen LogP contribution in [-0.2, 0) is 24.3 Å². The van der Waals surface area contributed by atoms with Gasteiger partial charge in [0.2, 0.25) is 0 Å². The van der Waals surface area contributed by atoms with E-state index in [9.17, 15) is 18.0 Å². The molecule has 0 radical (unpaired) electrons. The molecule has 21 heavy (non-hydrogen) atoms. The van der Waals surface area contributed by atoms with E-state index in [-0.39, 0.29) is 17.1 Å². The number of carboxylic acids is 1. The molecule has 0 fully saturated rings. The number of aryl methyl sites for hydroxylation is 1. The summed E-state index contributed by atoms with van der Waals surface area (Å²) < 4.78 is 30.9. The van der Waals surface area contributed by atoms with E-state index in [0.717, 1.165) is 11.3 Å². The van der Waals surface area contributed by atoms with Crippen LogP contribution in [0.2, 0.25) is 4.34 Å². The molecule has 118 valence electrons. The van der Waals surface area contributed by atoms with Crippen LogP contribution in [0, 0.1) is 6.92 Å². The maximum Gasteiger partial charge on any atom is 0.321 e. The molecule has 1 heterocycles. The van der Waals surface area contributed by atoms with E-state index in [4.69, 9.17) is 16.7 Å². The Kier molecular flexibility index (Phi) is 6.14. The van der Waals surface area contributed by atoms with E-state index in [0.29, 0.717) is 9.90 Å². The Labute approximate surface area is 130 Å². The number of carboxylic acid groups (broad SMARTS) is 1. The van der Waals surface area contributed by atoms with Crippen LogP contribution in [0.25, 0.3) is 0 Å². The van der Waals surface area contributed by atoms with Gasteiger partial charge in [-0.2, -0.15) is 4.72 Å². The van der Waals surface area contributed by atoms with Crippen LogP contribution < -0.4 is 4.72 Å². The highest BCUT2D eigenvalue weighted by atomic mass is 35.5. The first kappa shape index (κ1) is 17.9. The van der Waals surface area contributed by atoms with E-state index in [1.54, 1.807) is 6.92 Å². The van der Waals surface area contributed by atoms with Gasteiger partial charge < -0.3 is 9.84 Å². The second kappa shape index (κ2) is 7.21. The molecule has 0 aliphatic heterocycles. The van der Waals surface area contributed by atoms with E-state index in [2.05, 4.69) is 4.74 Å². The van der Waals surface area contributed by atoms with Gasteiger partial charge in [0.15, 0.2) is 0 Å². The number of esters is 1. The molecule has 1 atom stereocenters. The minimum Gasteiger partial charge on any atom is -0.480 e. The van der Waals surface area contributed by atoms with Gasteiger partial charge in [0.25, 0.3) is 10.0 Å². The van der Waals surface area contributed by atoms with Gasteiger partial charge in [-0.3, -0.25) is 9.59 Å². The van der Waals surface area contributed by atoms with Gasteiger partial charge in [-0.25, -0.2) is 8.42 Å². The lowest BCUT2D eigenvalue weighted by Gasteiger charge is -2.13. The average molecular weight is 356 g/mol. The highest BCUT2D eigenvalue weighted by Crippen LogP contribution is 2.30. The third kappa shape index (κ3) is 4.95. The molecular weight excluding hydrogens is 342 g/mol. The predicted molar refractivity (Wildman–Crippen MR) is 77.1 cm³/mol. The number of hydrogen-bond acceptors (Lipinski definition) is 6. The summed E-state index contributed by atoms with van der Waals surface area (Å²) in [5.41, 5.74) is 0.587. The van der Waals surface area contributed by atoms with Gasteiger partial charge in [-0.1, -0.05) is 11.6 Å². The van der Waals surface area contributed by atoms with Crippen molar-refractivity contribution in [1.29, 1.82) is 0 Å². The minimum atomic E-state index is -4.01. The van der Waals surface area contributed by atoms with Gasteiger partial charge in [0.1, 0.15) is 10.3 Å². The van der Waals surface area contributed by atoms with Crippen molar-refractivity contribution in [2.75, 3.05) is 7.11 Å². The Morgan fingerprint density at radius 1 is 1.52 bits per heavy atom. The molecule has 0 amide bonds. The van der Waals surface area contributed by atoms with Crippen LogP contribution in [-0.4, -0.2) is 38.6 Å². The van der Waals surface area contributed by atoms with Crippen molar-refractivity contribution in [3.05, 3.63) is 16.0 Å². The molecule has 0 saturated heterocycles. The summed E-state index contributed by atoms with van der Waals surface area (Å²) in [5, 5.41) is 9.03. The fraction of sp³-hybridized carbons (Fsp3) is 0.455. The fourth-order valence-electron chi connectivity index (χ4n) is 1.41. The van der Waals surface area contributed by atoms with Crippen molar-refractivity contribution in [2.24, 2.45) is 0 Å². The number of ether oxygens (including phenoxy) is 1. The van der Waals surface area contributed by atoms with Crippen LogP contribution >= 0.6 is 22.9 Å². The monoisotopic (exact) mass is 355 g/mol. The number of carbonyl (C=O) groups is 2. The highest BCUT2D eigenvalue weighted by molar-refractivity contribution is 7.91. The molecule has 0 aliphatic carbocycles. The summed E-state index contributed by atoms with van der Waals surface area (Å²) >= 11 is 6.64. The molecule has 7 nitrogen and oxygen atoms in total. The Balaban J connectivity index is 2.87. The maximum atomic E-state index is 12.1. The van der Waals surface area contributed by atoms with Crippen molar-refractivity contribution >= 4 is 44.9 Å². The highest BCUT2D eigenvalue weighted by Gasteiger charge is 2.27. The van der Waals surface area contributed by atoms with E-state index in [1.165, 1.54) is 13.2 Å². The van der Waals surface area contributed by atoms with Crippen molar-refractivity contribution in [3.63, 3.8) is 0 Å². The van der Waals surface area contributed by atoms with Crippen molar-refractivity contribution < 1.29 is 27.9 Å². The number of nitrogens with one attached hydrogen (secondary N) is 1. The van der Waals surface area contributed by atoms with Gasteiger partial charge >= 0.3 is 11.9 Å². The number of hydrogen-bond donors (Lipinski definition) is 2. The van der Waals surface area contributed by atoms with Crippen LogP contribution in [0.3, 0.4) is 0 Å². The van der Waals surface area contributed by atoms with Crippen molar-refractivity contribution in [2.45, 2.75) is 30.0 Å². The number of sulfonamides is 1. The Morgan fingerprint density at radius 3 is 2.57 bits per heavy atom. The summed E-state index contributed by atoms with van der Waals surface area (Å²) in [6, 6.07) is -0.0653. The van der Waals surface area contributed by atoms with E-state index < -0.39 is 28.0 Å².